The summed E-state index contributed by atoms with van der Waals surface area (Å²) in [7, 11) is 1.68. The third-order valence-corrected chi connectivity index (χ3v) is 4.48. The van der Waals surface area contributed by atoms with Gasteiger partial charge in [-0.15, -0.1) is 0 Å². The molecule has 0 unspecified atom stereocenters. The lowest BCUT2D eigenvalue weighted by atomic mass is 10.2. The van der Waals surface area contributed by atoms with Gasteiger partial charge in [-0.1, -0.05) is 18.2 Å². The fraction of sp³-hybridized carbons (Fsp3) is 0.667. The summed E-state index contributed by atoms with van der Waals surface area (Å²) in [5, 5.41) is 3.46. The number of rotatable bonds is 8. The Morgan fingerprint density at radius 1 is 1.22 bits per heavy atom. The zero-order valence-corrected chi connectivity index (χ0v) is 13.9. The van der Waals surface area contributed by atoms with E-state index in [-0.39, 0.29) is 11.9 Å². The van der Waals surface area contributed by atoms with Crippen LogP contribution < -0.4 is 10.1 Å². The molecule has 1 saturated heterocycles. The second-order valence-electron chi connectivity index (χ2n) is 6.25. The van der Waals surface area contributed by atoms with E-state index >= 15 is 0 Å². The van der Waals surface area contributed by atoms with Crippen LogP contribution in [0, 0.1) is 0 Å². The zero-order valence-electron chi connectivity index (χ0n) is 13.9. The molecule has 2 aliphatic rings. The Morgan fingerprint density at radius 3 is 2.87 bits per heavy atom. The molecule has 0 amide bonds. The van der Waals surface area contributed by atoms with Crippen molar-refractivity contribution < 1.29 is 18.9 Å². The first-order valence-electron chi connectivity index (χ1n) is 8.53. The Bertz CT molecular complexity index is 488. The summed E-state index contributed by atoms with van der Waals surface area (Å²) in [6.07, 6.45) is 4.66. The van der Waals surface area contributed by atoms with Gasteiger partial charge in [0.25, 0.3) is 0 Å². The molecule has 0 aromatic heterocycles. The average molecular weight is 321 g/mol. The maximum Gasteiger partial charge on any atom is 0.168 e. The smallest absolute Gasteiger partial charge is 0.168 e. The van der Waals surface area contributed by atoms with Crippen molar-refractivity contribution in [2.24, 2.45) is 0 Å². The van der Waals surface area contributed by atoms with Crippen molar-refractivity contribution in [1.82, 2.24) is 5.32 Å². The van der Waals surface area contributed by atoms with E-state index < -0.39 is 0 Å². The molecule has 1 aromatic rings. The van der Waals surface area contributed by atoms with Crippen molar-refractivity contribution in [2.75, 3.05) is 33.5 Å². The van der Waals surface area contributed by atoms with Gasteiger partial charge in [-0.25, -0.2) is 0 Å². The largest absolute Gasteiger partial charge is 0.491 e. The summed E-state index contributed by atoms with van der Waals surface area (Å²) in [5.74, 6) is 0.640. The second kappa shape index (κ2) is 8.11. The standard InChI is InChI=1S/C18H27NO4/c1-20-10-11-21-17-7-3-2-6-15(17)12-19-13-16-14-22-18(23-16)8-4-5-9-18/h2-3,6-7,16,19H,4-5,8-14H2,1H3/t16-/m1/s1. The Kier molecular flexibility index (Phi) is 5.89. The summed E-state index contributed by atoms with van der Waals surface area (Å²) in [6.45, 7) is 3.41. The van der Waals surface area contributed by atoms with Crippen molar-refractivity contribution in [1.29, 1.82) is 0 Å². The highest BCUT2D eigenvalue weighted by atomic mass is 16.7. The minimum absolute atomic E-state index is 0.148. The molecule has 0 radical (unpaired) electrons. The minimum Gasteiger partial charge on any atom is -0.491 e. The van der Waals surface area contributed by atoms with E-state index in [0.717, 1.165) is 37.2 Å². The molecule has 1 heterocycles. The van der Waals surface area contributed by atoms with Crippen LogP contribution >= 0.6 is 0 Å². The van der Waals surface area contributed by atoms with E-state index in [2.05, 4.69) is 11.4 Å². The number of nitrogens with one attached hydrogen (secondary N) is 1. The summed E-state index contributed by atoms with van der Waals surface area (Å²) < 4.78 is 22.8. The van der Waals surface area contributed by atoms with Crippen LogP contribution in [0.4, 0.5) is 0 Å². The highest BCUT2D eigenvalue weighted by molar-refractivity contribution is 5.33. The molecule has 5 heteroatoms. The average Bonchev–Trinajstić information content (AvgIpc) is 3.19. The van der Waals surface area contributed by atoms with Crippen LogP contribution in [-0.2, 0) is 20.8 Å². The Balaban J connectivity index is 1.44. The van der Waals surface area contributed by atoms with Crippen LogP contribution in [0.1, 0.15) is 31.2 Å². The first-order chi connectivity index (χ1) is 11.3. The van der Waals surface area contributed by atoms with Gasteiger partial charge in [-0.2, -0.15) is 0 Å². The van der Waals surface area contributed by atoms with Crippen molar-refractivity contribution in [2.45, 2.75) is 44.1 Å². The van der Waals surface area contributed by atoms with Gasteiger partial charge in [-0.05, 0) is 18.9 Å². The molecule has 1 aromatic carbocycles. The van der Waals surface area contributed by atoms with E-state index in [1.165, 1.54) is 12.8 Å². The van der Waals surface area contributed by atoms with Gasteiger partial charge in [0.15, 0.2) is 5.79 Å². The quantitative estimate of drug-likeness (QED) is 0.746. The second-order valence-corrected chi connectivity index (χ2v) is 6.25. The Morgan fingerprint density at radius 2 is 2.04 bits per heavy atom. The number of hydrogen-bond acceptors (Lipinski definition) is 5. The normalized spacial score (nSPS) is 22.7. The van der Waals surface area contributed by atoms with E-state index in [1.54, 1.807) is 7.11 Å². The summed E-state index contributed by atoms with van der Waals surface area (Å²) in [4.78, 5) is 0. The lowest BCUT2D eigenvalue weighted by Gasteiger charge is -2.22. The zero-order chi connectivity index (χ0) is 16.0. The summed E-state index contributed by atoms with van der Waals surface area (Å²) in [5.41, 5.74) is 1.15. The Labute approximate surface area is 138 Å². The molecule has 23 heavy (non-hydrogen) atoms. The van der Waals surface area contributed by atoms with Crippen molar-refractivity contribution >= 4 is 0 Å². The number of methoxy groups -OCH3 is 1. The fourth-order valence-corrected chi connectivity index (χ4v) is 3.29. The molecule has 3 rings (SSSR count). The van der Waals surface area contributed by atoms with E-state index in [1.807, 2.05) is 18.2 Å². The van der Waals surface area contributed by atoms with Crippen LogP contribution in [0.15, 0.2) is 24.3 Å². The predicted molar refractivity (Wildman–Crippen MR) is 87.5 cm³/mol. The van der Waals surface area contributed by atoms with Crippen molar-refractivity contribution in [3.8, 4) is 5.75 Å². The van der Waals surface area contributed by atoms with Crippen LogP contribution in [0.25, 0.3) is 0 Å². The number of hydrogen-bond donors (Lipinski definition) is 1. The maximum absolute atomic E-state index is 6.13. The van der Waals surface area contributed by atoms with Gasteiger partial charge in [0.2, 0.25) is 0 Å². The van der Waals surface area contributed by atoms with Gasteiger partial charge < -0.3 is 24.3 Å². The summed E-state index contributed by atoms with van der Waals surface area (Å²) >= 11 is 0. The molecule has 1 atom stereocenters. The van der Waals surface area contributed by atoms with E-state index in [9.17, 15) is 0 Å². The number of benzene rings is 1. The van der Waals surface area contributed by atoms with Crippen LogP contribution in [0.2, 0.25) is 0 Å². The lowest BCUT2D eigenvalue weighted by molar-refractivity contribution is -0.161. The third kappa shape index (κ3) is 4.44. The number of ether oxygens (including phenoxy) is 4. The molecular formula is C18H27NO4. The Hall–Kier alpha value is -1.14. The van der Waals surface area contributed by atoms with Crippen LogP contribution in [0.5, 0.6) is 5.75 Å². The molecule has 5 nitrogen and oxygen atoms in total. The molecule has 1 aliphatic carbocycles. The van der Waals surface area contributed by atoms with Crippen molar-refractivity contribution in [3.05, 3.63) is 29.8 Å². The highest BCUT2D eigenvalue weighted by Crippen LogP contribution is 2.39. The van der Waals surface area contributed by atoms with Gasteiger partial charge in [0.05, 0.1) is 19.3 Å². The molecular weight excluding hydrogens is 294 g/mol. The van der Waals surface area contributed by atoms with Crippen LogP contribution in [0.3, 0.4) is 0 Å². The molecule has 2 fully saturated rings. The molecule has 1 saturated carbocycles. The van der Waals surface area contributed by atoms with Crippen molar-refractivity contribution in [3.63, 3.8) is 0 Å². The van der Waals surface area contributed by atoms with Gasteiger partial charge >= 0.3 is 0 Å². The topological polar surface area (TPSA) is 49.0 Å². The number of para-hydroxylation sites is 1. The predicted octanol–water partition coefficient (Wildman–Crippen LogP) is 2.49. The maximum atomic E-state index is 6.13. The minimum atomic E-state index is -0.270. The molecule has 1 spiro atoms. The monoisotopic (exact) mass is 321 g/mol. The molecule has 1 N–H and O–H groups in total. The lowest BCUT2D eigenvalue weighted by Crippen LogP contribution is -2.31. The van der Waals surface area contributed by atoms with Gasteiger partial charge in [0, 0.05) is 38.6 Å². The fourth-order valence-electron chi connectivity index (χ4n) is 3.29. The third-order valence-electron chi connectivity index (χ3n) is 4.48. The molecule has 1 aliphatic heterocycles. The SMILES string of the molecule is COCCOc1ccccc1CNC[C@@H]1COC2(CCCC2)O1. The highest BCUT2D eigenvalue weighted by Gasteiger charge is 2.43. The van der Waals surface area contributed by atoms with Crippen LogP contribution in [-0.4, -0.2) is 45.4 Å². The first-order valence-corrected chi connectivity index (χ1v) is 8.53. The molecule has 128 valence electrons. The van der Waals surface area contributed by atoms with Gasteiger partial charge in [-0.3, -0.25) is 0 Å². The van der Waals surface area contributed by atoms with Gasteiger partial charge in [0.1, 0.15) is 12.4 Å². The summed E-state index contributed by atoms with van der Waals surface area (Å²) in [6, 6.07) is 8.10. The van der Waals surface area contributed by atoms with E-state index in [4.69, 9.17) is 18.9 Å². The first kappa shape index (κ1) is 16.7. The van der Waals surface area contributed by atoms with E-state index in [0.29, 0.717) is 19.8 Å². The molecule has 0 bridgehead atoms.